The van der Waals surface area contributed by atoms with Crippen LogP contribution in [0.25, 0.3) is 33.9 Å². The number of ether oxygens (including phenoxy) is 6. The smallest absolute Gasteiger partial charge is 0.416 e. The fourth-order valence-corrected chi connectivity index (χ4v) is 5.96. The van der Waals surface area contributed by atoms with Crippen LogP contribution >= 0.6 is 0 Å². The first-order valence-corrected chi connectivity index (χ1v) is 17.3. The first-order valence-electron chi connectivity index (χ1n) is 17.3. The summed E-state index contributed by atoms with van der Waals surface area (Å²) in [7, 11) is 6.16. The highest BCUT2D eigenvalue weighted by molar-refractivity contribution is 5.96. The molecule has 4 aromatic carbocycles. The molecule has 13 heteroatoms. The van der Waals surface area contributed by atoms with Gasteiger partial charge in [0.15, 0.2) is 28.8 Å². The standard InChI is InChI=1S/C41H44F3N3O7/c1-49-34-17-13-30(24-36(34)51-3)38-39(31-14-18-35(50-2)37(25-31)52-4)47(40(46-38)29-11-15-32(16-12-29)41(42,43)44)26-27-7-9-28(10-8-27)33(48)6-5-20-53-22-23-54-21-19-45/h7-18,24-25H,5-6,19-23,26,45H2,1-4H3. The third-order valence-corrected chi connectivity index (χ3v) is 8.70. The second-order valence-corrected chi connectivity index (χ2v) is 12.2. The molecule has 5 rings (SSSR count). The maximum atomic E-state index is 13.6. The number of carbonyl (C=O) groups excluding carboxylic acids is 1. The van der Waals surface area contributed by atoms with E-state index < -0.39 is 11.7 Å². The number of benzene rings is 4. The van der Waals surface area contributed by atoms with Crippen molar-refractivity contribution in [2.45, 2.75) is 25.6 Å². The summed E-state index contributed by atoms with van der Waals surface area (Å²) in [6.45, 7) is 2.51. The molecule has 0 aliphatic heterocycles. The Kier molecular flexibility index (Phi) is 13.7. The van der Waals surface area contributed by atoms with Gasteiger partial charge in [-0.1, -0.05) is 36.4 Å². The van der Waals surface area contributed by atoms with E-state index in [9.17, 15) is 18.0 Å². The fourth-order valence-electron chi connectivity index (χ4n) is 5.96. The van der Waals surface area contributed by atoms with Gasteiger partial charge in [0, 0.05) is 48.4 Å². The van der Waals surface area contributed by atoms with Gasteiger partial charge in [-0.3, -0.25) is 4.79 Å². The summed E-state index contributed by atoms with van der Waals surface area (Å²) in [5.41, 5.74) is 9.09. The van der Waals surface area contributed by atoms with Gasteiger partial charge in [-0.25, -0.2) is 4.98 Å². The topological polar surface area (TPSA) is 116 Å². The second-order valence-electron chi connectivity index (χ2n) is 12.2. The number of aromatic nitrogens is 2. The molecule has 0 radical (unpaired) electrons. The van der Waals surface area contributed by atoms with E-state index in [4.69, 9.17) is 39.1 Å². The molecular weight excluding hydrogens is 703 g/mol. The summed E-state index contributed by atoms with van der Waals surface area (Å²) in [5, 5.41) is 0. The van der Waals surface area contributed by atoms with E-state index in [1.807, 2.05) is 34.9 Å². The molecule has 54 heavy (non-hydrogen) atoms. The second kappa shape index (κ2) is 18.6. The molecule has 0 saturated heterocycles. The van der Waals surface area contributed by atoms with E-state index in [2.05, 4.69) is 0 Å². The van der Waals surface area contributed by atoms with Crippen molar-refractivity contribution in [3.63, 3.8) is 0 Å². The Morgan fingerprint density at radius 1 is 0.685 bits per heavy atom. The first-order chi connectivity index (χ1) is 26.1. The molecule has 286 valence electrons. The molecular formula is C41H44F3N3O7. The number of halogens is 3. The largest absolute Gasteiger partial charge is 0.493 e. The van der Waals surface area contributed by atoms with E-state index in [1.165, 1.54) is 26.4 Å². The summed E-state index contributed by atoms with van der Waals surface area (Å²) < 4.78 is 75.9. The zero-order valence-corrected chi connectivity index (χ0v) is 30.7. The Bertz CT molecular complexity index is 2000. The highest BCUT2D eigenvalue weighted by atomic mass is 19.4. The van der Waals surface area contributed by atoms with Crippen LogP contribution < -0.4 is 24.7 Å². The summed E-state index contributed by atoms with van der Waals surface area (Å²) in [6.07, 6.45) is -3.62. The van der Waals surface area contributed by atoms with E-state index in [0.717, 1.165) is 17.7 Å². The van der Waals surface area contributed by atoms with E-state index in [-0.39, 0.29) is 12.3 Å². The predicted octanol–water partition coefficient (Wildman–Crippen LogP) is 7.94. The molecule has 0 bridgehead atoms. The van der Waals surface area contributed by atoms with Crippen LogP contribution in [0.3, 0.4) is 0 Å². The average molecular weight is 748 g/mol. The maximum Gasteiger partial charge on any atom is 0.416 e. The Morgan fingerprint density at radius 3 is 1.81 bits per heavy atom. The number of methoxy groups -OCH3 is 4. The summed E-state index contributed by atoms with van der Waals surface area (Å²) in [6, 6.07) is 23.1. The van der Waals surface area contributed by atoms with E-state index >= 15 is 0 Å². The van der Waals surface area contributed by atoms with Gasteiger partial charge in [0.2, 0.25) is 0 Å². The number of nitrogens with two attached hydrogens (primary N) is 1. The number of carbonyl (C=O) groups is 1. The molecule has 0 saturated carbocycles. The molecule has 0 fully saturated rings. The zero-order chi connectivity index (χ0) is 38.7. The molecule has 0 unspecified atom stereocenters. The van der Waals surface area contributed by atoms with Crippen LogP contribution in [0.15, 0.2) is 84.9 Å². The average Bonchev–Trinajstić information content (AvgIpc) is 3.56. The monoisotopic (exact) mass is 747 g/mol. The van der Waals surface area contributed by atoms with Crippen LogP contribution in [-0.4, -0.2) is 76.7 Å². The van der Waals surface area contributed by atoms with E-state index in [1.54, 1.807) is 44.6 Å². The molecule has 0 aliphatic rings. The van der Waals surface area contributed by atoms with Crippen molar-refractivity contribution in [1.29, 1.82) is 0 Å². The van der Waals surface area contributed by atoms with Crippen molar-refractivity contribution < 1.29 is 46.4 Å². The Hall–Kier alpha value is -5.37. The number of hydrogen-bond acceptors (Lipinski definition) is 9. The van der Waals surface area contributed by atoms with Crippen LogP contribution in [0.2, 0.25) is 0 Å². The summed E-state index contributed by atoms with van der Waals surface area (Å²) in [5.74, 6) is 2.40. The van der Waals surface area contributed by atoms with E-state index in [0.29, 0.717) is 108 Å². The van der Waals surface area contributed by atoms with Crippen LogP contribution in [0, 0.1) is 0 Å². The minimum atomic E-state index is -4.50. The van der Waals surface area contributed by atoms with Crippen molar-refractivity contribution in [3.05, 3.63) is 102 Å². The van der Waals surface area contributed by atoms with Gasteiger partial charge in [0.05, 0.1) is 65.2 Å². The highest BCUT2D eigenvalue weighted by Crippen LogP contribution is 2.42. The Balaban J connectivity index is 1.56. The van der Waals surface area contributed by atoms with Gasteiger partial charge in [0.1, 0.15) is 5.82 Å². The van der Waals surface area contributed by atoms with Gasteiger partial charge in [-0.15, -0.1) is 0 Å². The summed E-state index contributed by atoms with van der Waals surface area (Å²) in [4.78, 5) is 18.1. The molecule has 0 atom stereocenters. The number of Topliss-reactive ketones (excluding diaryl/α,β-unsaturated/α-hetero) is 1. The highest BCUT2D eigenvalue weighted by Gasteiger charge is 2.31. The lowest BCUT2D eigenvalue weighted by Gasteiger charge is -2.16. The molecule has 10 nitrogen and oxygen atoms in total. The van der Waals surface area contributed by atoms with Gasteiger partial charge < -0.3 is 38.7 Å². The minimum Gasteiger partial charge on any atom is -0.493 e. The zero-order valence-electron chi connectivity index (χ0n) is 30.7. The fraction of sp³-hybridized carbons (Fsp3) is 0.317. The molecule has 1 heterocycles. The number of rotatable bonds is 19. The lowest BCUT2D eigenvalue weighted by Crippen LogP contribution is -2.12. The predicted molar refractivity (Wildman–Crippen MR) is 200 cm³/mol. The molecule has 0 spiro atoms. The van der Waals surface area contributed by atoms with Crippen LogP contribution in [-0.2, 0) is 22.2 Å². The number of hydrogen-bond donors (Lipinski definition) is 1. The van der Waals surface area contributed by atoms with Crippen molar-refractivity contribution in [1.82, 2.24) is 9.55 Å². The summed E-state index contributed by atoms with van der Waals surface area (Å²) >= 11 is 0. The third kappa shape index (κ3) is 9.59. The van der Waals surface area contributed by atoms with Crippen molar-refractivity contribution in [2.75, 3.05) is 61.4 Å². The third-order valence-electron chi connectivity index (χ3n) is 8.70. The van der Waals surface area contributed by atoms with Gasteiger partial charge in [-0.05, 0) is 60.5 Å². The molecule has 5 aromatic rings. The normalized spacial score (nSPS) is 11.4. The lowest BCUT2D eigenvalue weighted by molar-refractivity contribution is -0.137. The number of imidazole rings is 1. The van der Waals surface area contributed by atoms with Crippen molar-refractivity contribution >= 4 is 5.78 Å². The van der Waals surface area contributed by atoms with Crippen LogP contribution in [0.4, 0.5) is 13.2 Å². The maximum absolute atomic E-state index is 13.6. The van der Waals surface area contributed by atoms with Gasteiger partial charge in [0.25, 0.3) is 0 Å². The number of alkyl halides is 3. The molecule has 1 aromatic heterocycles. The number of ketones is 1. The lowest BCUT2D eigenvalue weighted by atomic mass is 10.0. The SMILES string of the molecule is COc1ccc(-c2nc(-c3ccc(C(F)(F)F)cc3)n(Cc3ccc(C(=O)CCCOCCOCCN)cc3)c2-c2ccc(OC)c(OC)c2)cc1OC. The van der Waals surface area contributed by atoms with Gasteiger partial charge in [-0.2, -0.15) is 13.2 Å². The molecule has 0 amide bonds. The van der Waals surface area contributed by atoms with Crippen molar-refractivity contribution in [2.24, 2.45) is 5.73 Å². The molecule has 2 N–H and O–H groups in total. The van der Waals surface area contributed by atoms with Gasteiger partial charge >= 0.3 is 6.18 Å². The first kappa shape index (κ1) is 39.8. The number of nitrogens with zero attached hydrogens (tertiary/aromatic N) is 2. The molecule has 0 aliphatic carbocycles. The van der Waals surface area contributed by atoms with Crippen LogP contribution in [0.5, 0.6) is 23.0 Å². The van der Waals surface area contributed by atoms with Crippen molar-refractivity contribution in [3.8, 4) is 56.9 Å². The Labute approximate surface area is 312 Å². The quantitative estimate of drug-likeness (QED) is 0.0664. The Morgan fingerprint density at radius 2 is 1.24 bits per heavy atom. The minimum absolute atomic E-state index is 0.0145. The van der Waals surface area contributed by atoms with Crippen LogP contribution in [0.1, 0.15) is 34.3 Å².